The summed E-state index contributed by atoms with van der Waals surface area (Å²) in [4.78, 5) is 18.2. The van der Waals surface area contributed by atoms with Gasteiger partial charge in [0.15, 0.2) is 11.5 Å². The van der Waals surface area contributed by atoms with E-state index in [0.29, 0.717) is 17.5 Å². The molecule has 0 spiro atoms. The maximum atomic E-state index is 11.6. The van der Waals surface area contributed by atoms with Gasteiger partial charge in [-0.05, 0) is 31.4 Å². The second kappa shape index (κ2) is 4.57. The van der Waals surface area contributed by atoms with Crippen molar-refractivity contribution in [2.75, 3.05) is 11.4 Å². The predicted molar refractivity (Wildman–Crippen MR) is 72.8 cm³/mol. The third-order valence-corrected chi connectivity index (χ3v) is 3.44. The van der Waals surface area contributed by atoms with E-state index in [2.05, 4.69) is 16.8 Å². The SMILES string of the molecule is CCCN(c1nc2ccccn2c1C(=O)O)C1CC1. The van der Waals surface area contributed by atoms with Crippen LogP contribution in [-0.2, 0) is 0 Å². The standard InChI is InChI=1S/C14H17N3O2/c1-2-8-16(10-6-7-10)13-12(14(18)19)17-9-4-3-5-11(17)15-13/h3-5,9-10H,2,6-8H2,1H3,(H,18,19). The fourth-order valence-corrected chi connectivity index (χ4v) is 2.47. The Bertz CT molecular complexity index is 616. The Labute approximate surface area is 111 Å². The number of nitrogens with zero attached hydrogens (tertiary/aromatic N) is 3. The van der Waals surface area contributed by atoms with Gasteiger partial charge in [-0.1, -0.05) is 13.0 Å². The summed E-state index contributed by atoms with van der Waals surface area (Å²) in [6.07, 6.45) is 5.01. The molecule has 1 fully saturated rings. The zero-order chi connectivity index (χ0) is 13.4. The van der Waals surface area contributed by atoms with Crippen LogP contribution in [0.15, 0.2) is 24.4 Å². The molecule has 0 aliphatic heterocycles. The van der Waals surface area contributed by atoms with Gasteiger partial charge in [0.05, 0.1) is 0 Å². The van der Waals surface area contributed by atoms with E-state index in [-0.39, 0.29) is 5.69 Å². The van der Waals surface area contributed by atoms with Crippen LogP contribution < -0.4 is 4.90 Å². The summed E-state index contributed by atoms with van der Waals surface area (Å²) in [7, 11) is 0. The Morgan fingerprint density at radius 2 is 2.32 bits per heavy atom. The molecule has 1 saturated carbocycles. The third-order valence-electron chi connectivity index (χ3n) is 3.44. The molecule has 0 atom stereocenters. The van der Waals surface area contributed by atoms with E-state index in [1.165, 1.54) is 0 Å². The second-order valence-electron chi connectivity index (χ2n) is 4.94. The van der Waals surface area contributed by atoms with E-state index >= 15 is 0 Å². The first-order chi connectivity index (χ1) is 9.22. The van der Waals surface area contributed by atoms with Gasteiger partial charge >= 0.3 is 5.97 Å². The molecule has 0 amide bonds. The summed E-state index contributed by atoms with van der Waals surface area (Å²) >= 11 is 0. The van der Waals surface area contributed by atoms with Crippen molar-refractivity contribution in [2.45, 2.75) is 32.2 Å². The van der Waals surface area contributed by atoms with E-state index in [9.17, 15) is 9.90 Å². The van der Waals surface area contributed by atoms with Gasteiger partial charge in [-0.15, -0.1) is 0 Å². The molecule has 1 aliphatic carbocycles. The number of hydrogen-bond acceptors (Lipinski definition) is 3. The molecule has 2 aromatic heterocycles. The minimum absolute atomic E-state index is 0.274. The summed E-state index contributed by atoms with van der Waals surface area (Å²) in [5.74, 6) is -0.307. The predicted octanol–water partition coefficient (Wildman–Crippen LogP) is 2.41. The van der Waals surface area contributed by atoms with Gasteiger partial charge in [0.25, 0.3) is 0 Å². The molecule has 0 aromatic carbocycles. The Hall–Kier alpha value is -2.04. The molecule has 0 radical (unpaired) electrons. The number of fused-ring (bicyclic) bond motifs is 1. The summed E-state index contributed by atoms with van der Waals surface area (Å²) in [6, 6.07) is 6.00. The van der Waals surface area contributed by atoms with Gasteiger partial charge in [-0.3, -0.25) is 4.40 Å². The van der Waals surface area contributed by atoms with E-state index in [0.717, 1.165) is 25.8 Å². The van der Waals surface area contributed by atoms with E-state index < -0.39 is 5.97 Å². The zero-order valence-electron chi connectivity index (χ0n) is 10.9. The van der Waals surface area contributed by atoms with Crippen LogP contribution in [-0.4, -0.2) is 33.0 Å². The normalized spacial score (nSPS) is 14.8. The van der Waals surface area contributed by atoms with Crippen molar-refractivity contribution < 1.29 is 9.90 Å². The molecule has 2 heterocycles. The molecule has 1 aliphatic rings. The quantitative estimate of drug-likeness (QED) is 0.895. The number of carbonyl (C=O) groups is 1. The topological polar surface area (TPSA) is 57.8 Å². The first kappa shape index (κ1) is 12.0. The van der Waals surface area contributed by atoms with Crippen LogP contribution in [0, 0.1) is 0 Å². The molecule has 100 valence electrons. The number of rotatable bonds is 5. The highest BCUT2D eigenvalue weighted by Gasteiger charge is 2.33. The Morgan fingerprint density at radius 1 is 1.53 bits per heavy atom. The fraction of sp³-hybridized carbons (Fsp3) is 0.429. The summed E-state index contributed by atoms with van der Waals surface area (Å²) < 4.78 is 1.66. The second-order valence-corrected chi connectivity index (χ2v) is 4.94. The number of hydrogen-bond donors (Lipinski definition) is 1. The number of pyridine rings is 1. The molecule has 0 bridgehead atoms. The number of imidazole rings is 1. The van der Waals surface area contributed by atoms with Crippen LogP contribution in [0.1, 0.15) is 36.7 Å². The molecule has 2 aromatic rings. The number of aromatic carboxylic acids is 1. The summed E-state index contributed by atoms with van der Waals surface area (Å²) in [5, 5.41) is 9.48. The first-order valence-corrected chi connectivity index (χ1v) is 6.69. The molecule has 19 heavy (non-hydrogen) atoms. The first-order valence-electron chi connectivity index (χ1n) is 6.69. The lowest BCUT2D eigenvalue weighted by Gasteiger charge is -2.21. The van der Waals surface area contributed by atoms with Gasteiger partial charge in [-0.2, -0.15) is 0 Å². The minimum atomic E-state index is -0.921. The van der Waals surface area contributed by atoms with Crippen molar-refractivity contribution in [3.8, 4) is 0 Å². The molecule has 5 heteroatoms. The number of anilines is 1. The van der Waals surface area contributed by atoms with Gasteiger partial charge in [0.1, 0.15) is 5.65 Å². The highest BCUT2D eigenvalue weighted by Crippen LogP contribution is 2.33. The van der Waals surface area contributed by atoms with Crippen molar-refractivity contribution in [3.63, 3.8) is 0 Å². The summed E-state index contributed by atoms with van der Waals surface area (Å²) in [6.45, 7) is 2.96. The molecule has 1 N–H and O–H groups in total. The van der Waals surface area contributed by atoms with Crippen molar-refractivity contribution in [3.05, 3.63) is 30.1 Å². The van der Waals surface area contributed by atoms with Crippen LogP contribution >= 0.6 is 0 Å². The van der Waals surface area contributed by atoms with Crippen LogP contribution in [0.4, 0.5) is 5.82 Å². The lowest BCUT2D eigenvalue weighted by molar-refractivity contribution is 0.0690. The smallest absolute Gasteiger partial charge is 0.356 e. The Kier molecular flexibility index (Phi) is 2.89. The zero-order valence-corrected chi connectivity index (χ0v) is 10.9. The number of carboxylic acids is 1. The van der Waals surface area contributed by atoms with Gasteiger partial charge < -0.3 is 10.0 Å². The van der Waals surface area contributed by atoms with Crippen molar-refractivity contribution in [2.24, 2.45) is 0 Å². The van der Waals surface area contributed by atoms with E-state index in [1.54, 1.807) is 10.6 Å². The lowest BCUT2D eigenvalue weighted by Crippen LogP contribution is -2.28. The van der Waals surface area contributed by atoms with Gasteiger partial charge in [0.2, 0.25) is 0 Å². The van der Waals surface area contributed by atoms with Crippen molar-refractivity contribution in [1.29, 1.82) is 0 Å². The molecule has 3 rings (SSSR count). The van der Waals surface area contributed by atoms with Crippen LogP contribution in [0.5, 0.6) is 0 Å². The van der Waals surface area contributed by atoms with E-state index in [1.807, 2.05) is 18.2 Å². The fourth-order valence-electron chi connectivity index (χ4n) is 2.47. The largest absolute Gasteiger partial charge is 0.476 e. The van der Waals surface area contributed by atoms with Crippen LogP contribution in [0.3, 0.4) is 0 Å². The lowest BCUT2D eigenvalue weighted by atomic mass is 10.3. The van der Waals surface area contributed by atoms with Crippen LogP contribution in [0.25, 0.3) is 5.65 Å². The Balaban J connectivity index is 2.15. The summed E-state index contributed by atoms with van der Waals surface area (Å²) in [5.41, 5.74) is 0.965. The Morgan fingerprint density at radius 3 is 2.95 bits per heavy atom. The molecule has 5 nitrogen and oxygen atoms in total. The van der Waals surface area contributed by atoms with Gasteiger partial charge in [0, 0.05) is 18.8 Å². The molecule has 0 unspecified atom stereocenters. The highest BCUT2D eigenvalue weighted by atomic mass is 16.4. The van der Waals surface area contributed by atoms with Gasteiger partial charge in [-0.25, -0.2) is 9.78 Å². The van der Waals surface area contributed by atoms with Crippen molar-refractivity contribution >= 4 is 17.4 Å². The average molecular weight is 259 g/mol. The van der Waals surface area contributed by atoms with E-state index in [4.69, 9.17) is 0 Å². The van der Waals surface area contributed by atoms with Crippen LogP contribution in [0.2, 0.25) is 0 Å². The number of aromatic nitrogens is 2. The third kappa shape index (κ3) is 2.05. The molecular formula is C14H17N3O2. The average Bonchev–Trinajstić information content (AvgIpc) is 3.14. The molecule has 0 saturated heterocycles. The molecular weight excluding hydrogens is 242 g/mol. The maximum absolute atomic E-state index is 11.6. The van der Waals surface area contributed by atoms with Crippen molar-refractivity contribution in [1.82, 2.24) is 9.38 Å². The monoisotopic (exact) mass is 259 g/mol. The number of carboxylic acid groups (broad SMARTS) is 1. The minimum Gasteiger partial charge on any atom is -0.476 e. The maximum Gasteiger partial charge on any atom is 0.356 e. The highest BCUT2D eigenvalue weighted by molar-refractivity contribution is 5.93.